The lowest BCUT2D eigenvalue weighted by molar-refractivity contribution is -0.121. The Bertz CT molecular complexity index is 1310. The number of hydrogen-bond acceptors (Lipinski definition) is 5. The molecule has 0 spiro atoms. The highest BCUT2D eigenvalue weighted by atomic mass is 16.5. The molecule has 0 fully saturated rings. The van der Waals surface area contributed by atoms with Gasteiger partial charge < -0.3 is 10.1 Å². The second kappa shape index (κ2) is 11.1. The van der Waals surface area contributed by atoms with Gasteiger partial charge in [-0.3, -0.25) is 18.6 Å². The molecule has 34 heavy (non-hydrogen) atoms. The Balaban J connectivity index is 1.49. The molecule has 0 aliphatic rings. The minimum Gasteiger partial charge on any atom is -0.379 e. The molecule has 2 aromatic carbocycles. The molecule has 8 heteroatoms. The van der Waals surface area contributed by atoms with Crippen LogP contribution in [0.2, 0.25) is 0 Å². The fourth-order valence-electron chi connectivity index (χ4n) is 4.02. The predicted octanol–water partition coefficient (Wildman–Crippen LogP) is 3.15. The second-order valence-corrected chi connectivity index (χ2v) is 8.58. The summed E-state index contributed by atoms with van der Waals surface area (Å²) in [4.78, 5) is 25.6. The smallest absolute Gasteiger partial charge is 0.262 e. The van der Waals surface area contributed by atoms with Crippen molar-refractivity contribution in [2.24, 2.45) is 0 Å². The van der Waals surface area contributed by atoms with Crippen LogP contribution in [0.25, 0.3) is 16.7 Å². The van der Waals surface area contributed by atoms with Crippen LogP contribution in [0.5, 0.6) is 0 Å². The highest BCUT2D eigenvalue weighted by molar-refractivity contribution is 5.80. The lowest BCUT2D eigenvalue weighted by Gasteiger charge is -2.12. The van der Waals surface area contributed by atoms with Gasteiger partial charge in [0.1, 0.15) is 5.82 Å². The van der Waals surface area contributed by atoms with Gasteiger partial charge >= 0.3 is 0 Å². The van der Waals surface area contributed by atoms with Crippen molar-refractivity contribution in [3.63, 3.8) is 0 Å². The Morgan fingerprint density at radius 1 is 1.03 bits per heavy atom. The minimum atomic E-state index is -0.0924. The van der Waals surface area contributed by atoms with Gasteiger partial charge in [-0.05, 0) is 44.4 Å². The molecule has 1 N–H and O–H groups in total. The number of carbonyl (C=O) groups excluding carboxylic acids is 1. The third-order valence-corrected chi connectivity index (χ3v) is 5.71. The number of ether oxygens (including phenoxy) is 1. The SMILES string of the molecule is CC(C)OCCCn1c(=O)c2ccccc2n2c(CCC(=O)NCCc3ccccc3)nnc12. The summed E-state index contributed by atoms with van der Waals surface area (Å²) in [5, 5.41) is 12.3. The Kier molecular flexibility index (Phi) is 7.69. The normalized spacial score (nSPS) is 11.5. The van der Waals surface area contributed by atoms with Crippen LogP contribution >= 0.6 is 0 Å². The van der Waals surface area contributed by atoms with E-state index in [9.17, 15) is 9.59 Å². The number of amides is 1. The second-order valence-electron chi connectivity index (χ2n) is 8.58. The lowest BCUT2D eigenvalue weighted by atomic mass is 10.1. The van der Waals surface area contributed by atoms with Crippen molar-refractivity contribution >= 4 is 22.6 Å². The third kappa shape index (κ3) is 5.51. The van der Waals surface area contributed by atoms with E-state index in [4.69, 9.17) is 4.74 Å². The van der Waals surface area contributed by atoms with E-state index in [1.54, 1.807) is 4.57 Å². The first-order valence-electron chi connectivity index (χ1n) is 11.8. The number of benzene rings is 2. The number of para-hydroxylation sites is 1. The number of aromatic nitrogens is 4. The Morgan fingerprint density at radius 3 is 2.59 bits per heavy atom. The highest BCUT2D eigenvalue weighted by Gasteiger charge is 2.17. The largest absolute Gasteiger partial charge is 0.379 e. The van der Waals surface area contributed by atoms with Gasteiger partial charge in [0.05, 0.1) is 17.0 Å². The average molecular weight is 462 g/mol. The van der Waals surface area contributed by atoms with Gasteiger partial charge in [0.25, 0.3) is 5.56 Å². The molecule has 0 unspecified atom stereocenters. The standard InChI is InChI=1S/C26H31N5O3/c1-19(2)34-18-8-17-30-25(33)21-11-6-7-12-22(21)31-23(28-29-26(30)31)13-14-24(32)27-16-15-20-9-4-3-5-10-20/h3-7,9-12,19H,8,13-18H2,1-2H3,(H,27,32). The predicted molar refractivity (Wildman–Crippen MR) is 132 cm³/mol. The van der Waals surface area contributed by atoms with Crippen LogP contribution in [0.15, 0.2) is 59.4 Å². The number of nitrogens with one attached hydrogen (secondary N) is 1. The fraction of sp³-hybridized carbons (Fsp3) is 0.385. The van der Waals surface area contributed by atoms with Crippen LogP contribution in [0, 0.1) is 0 Å². The summed E-state index contributed by atoms with van der Waals surface area (Å²) in [7, 11) is 0. The summed E-state index contributed by atoms with van der Waals surface area (Å²) in [6, 6.07) is 17.5. The van der Waals surface area contributed by atoms with Gasteiger partial charge in [0.2, 0.25) is 11.7 Å². The van der Waals surface area contributed by atoms with Crippen molar-refractivity contribution < 1.29 is 9.53 Å². The molecule has 0 aliphatic carbocycles. The van der Waals surface area contributed by atoms with Crippen LogP contribution in [0.4, 0.5) is 0 Å². The van der Waals surface area contributed by atoms with E-state index in [1.165, 1.54) is 5.56 Å². The van der Waals surface area contributed by atoms with Gasteiger partial charge in [-0.25, -0.2) is 0 Å². The number of aryl methyl sites for hydroxylation is 2. The molecule has 178 valence electrons. The van der Waals surface area contributed by atoms with Crippen LogP contribution in [0.1, 0.15) is 38.1 Å². The number of carbonyl (C=O) groups is 1. The highest BCUT2D eigenvalue weighted by Crippen LogP contribution is 2.16. The molecule has 8 nitrogen and oxygen atoms in total. The average Bonchev–Trinajstić information content (AvgIpc) is 3.27. The molecular formula is C26H31N5O3. The van der Waals surface area contributed by atoms with E-state index in [1.807, 2.05) is 72.8 Å². The Labute approximate surface area is 198 Å². The summed E-state index contributed by atoms with van der Waals surface area (Å²) in [6.45, 7) is 5.61. The van der Waals surface area contributed by atoms with E-state index in [0.717, 1.165) is 11.9 Å². The zero-order valence-electron chi connectivity index (χ0n) is 19.7. The number of rotatable bonds is 11. The molecule has 4 rings (SSSR count). The summed E-state index contributed by atoms with van der Waals surface area (Å²) in [5.41, 5.74) is 1.85. The lowest BCUT2D eigenvalue weighted by Crippen LogP contribution is -2.26. The van der Waals surface area contributed by atoms with Crippen molar-refractivity contribution in [3.05, 3.63) is 76.3 Å². The molecule has 0 radical (unpaired) electrons. The topological polar surface area (TPSA) is 90.5 Å². The van der Waals surface area contributed by atoms with Gasteiger partial charge in [-0.2, -0.15) is 0 Å². The first-order valence-corrected chi connectivity index (χ1v) is 11.8. The van der Waals surface area contributed by atoms with Gasteiger partial charge in [-0.1, -0.05) is 42.5 Å². The van der Waals surface area contributed by atoms with Gasteiger partial charge in [-0.15, -0.1) is 10.2 Å². The van der Waals surface area contributed by atoms with Gasteiger partial charge in [0, 0.05) is 32.5 Å². The Hall–Kier alpha value is -3.52. The van der Waals surface area contributed by atoms with E-state index in [0.29, 0.717) is 55.9 Å². The first-order chi connectivity index (χ1) is 16.5. The van der Waals surface area contributed by atoms with E-state index < -0.39 is 0 Å². The van der Waals surface area contributed by atoms with Crippen molar-refractivity contribution in [1.29, 1.82) is 0 Å². The maximum absolute atomic E-state index is 13.2. The van der Waals surface area contributed by atoms with Crippen LogP contribution in [-0.4, -0.2) is 44.3 Å². The van der Waals surface area contributed by atoms with Crippen molar-refractivity contribution in [3.8, 4) is 0 Å². The fourth-order valence-corrected chi connectivity index (χ4v) is 4.02. The number of hydrogen-bond donors (Lipinski definition) is 1. The molecule has 4 aromatic rings. The maximum atomic E-state index is 13.2. The van der Waals surface area contributed by atoms with Crippen molar-refractivity contribution in [2.45, 2.75) is 52.2 Å². The molecule has 1 amide bonds. The van der Waals surface area contributed by atoms with E-state index in [2.05, 4.69) is 15.5 Å². The monoisotopic (exact) mass is 461 g/mol. The van der Waals surface area contributed by atoms with Gasteiger partial charge in [0.15, 0.2) is 0 Å². The van der Waals surface area contributed by atoms with Crippen LogP contribution < -0.4 is 10.9 Å². The zero-order chi connectivity index (χ0) is 23.9. The molecule has 0 aliphatic heterocycles. The van der Waals surface area contributed by atoms with E-state index in [-0.39, 0.29) is 17.6 Å². The maximum Gasteiger partial charge on any atom is 0.262 e. The van der Waals surface area contributed by atoms with E-state index >= 15 is 0 Å². The Morgan fingerprint density at radius 2 is 1.79 bits per heavy atom. The number of fused-ring (bicyclic) bond motifs is 3. The van der Waals surface area contributed by atoms with Crippen molar-refractivity contribution in [2.75, 3.05) is 13.2 Å². The summed E-state index contributed by atoms with van der Waals surface area (Å²) in [5.74, 6) is 1.13. The summed E-state index contributed by atoms with van der Waals surface area (Å²) >= 11 is 0. The molecular weight excluding hydrogens is 430 g/mol. The summed E-state index contributed by atoms with van der Waals surface area (Å²) < 4.78 is 9.19. The van der Waals surface area contributed by atoms with Crippen molar-refractivity contribution in [1.82, 2.24) is 24.5 Å². The molecule has 2 aromatic heterocycles. The molecule has 0 bridgehead atoms. The molecule has 0 saturated carbocycles. The molecule has 0 saturated heterocycles. The minimum absolute atomic E-state index is 0.0313. The number of nitrogens with zero attached hydrogens (tertiary/aromatic N) is 4. The summed E-state index contributed by atoms with van der Waals surface area (Å²) in [6.07, 6.45) is 2.35. The third-order valence-electron chi connectivity index (χ3n) is 5.71. The quantitative estimate of drug-likeness (QED) is 0.347. The molecule has 0 atom stereocenters. The zero-order valence-corrected chi connectivity index (χ0v) is 19.7. The molecule has 2 heterocycles. The van der Waals surface area contributed by atoms with Crippen LogP contribution in [0.3, 0.4) is 0 Å². The van der Waals surface area contributed by atoms with Crippen LogP contribution in [-0.2, 0) is 28.9 Å². The first kappa shape index (κ1) is 23.6.